The molecule has 0 radical (unpaired) electrons. The number of hydrogen-bond acceptors (Lipinski definition) is 3. The smallest absolute Gasteiger partial charge is 0.381 e. The maximum absolute atomic E-state index is 12.3. The summed E-state index contributed by atoms with van der Waals surface area (Å²) in [4.78, 5) is 12.5. The number of hydrogen-bond donors (Lipinski definition) is 1. The van der Waals surface area contributed by atoms with Gasteiger partial charge in [-0.15, -0.1) is 11.8 Å². The first-order valence-electron chi connectivity index (χ1n) is 6.54. The second kappa shape index (κ2) is 6.70. The summed E-state index contributed by atoms with van der Waals surface area (Å²) in [6.45, 7) is 2.73. The summed E-state index contributed by atoms with van der Waals surface area (Å²) < 4.78 is 42.2. The number of alkyl halides is 3. The molecule has 1 aliphatic rings. The van der Waals surface area contributed by atoms with Gasteiger partial charge in [0, 0.05) is 11.5 Å². The Morgan fingerprint density at radius 1 is 1.48 bits per heavy atom. The van der Waals surface area contributed by atoms with Crippen LogP contribution in [0.15, 0.2) is 23.1 Å². The number of amides is 1. The van der Waals surface area contributed by atoms with Gasteiger partial charge in [0.15, 0.2) is 0 Å². The van der Waals surface area contributed by atoms with Crippen molar-refractivity contribution in [1.29, 1.82) is 0 Å². The second-order valence-corrected chi connectivity index (χ2v) is 5.97. The van der Waals surface area contributed by atoms with E-state index in [1.807, 2.05) is 6.92 Å². The first kappa shape index (κ1) is 16.2. The average Bonchev–Trinajstić information content (AvgIpc) is 2.90. The van der Waals surface area contributed by atoms with Crippen molar-refractivity contribution in [2.45, 2.75) is 24.4 Å². The third-order valence-electron chi connectivity index (χ3n) is 3.08. The van der Waals surface area contributed by atoms with Crippen molar-refractivity contribution in [2.24, 2.45) is 5.92 Å². The van der Waals surface area contributed by atoms with Crippen LogP contribution >= 0.6 is 11.8 Å². The van der Waals surface area contributed by atoms with Crippen molar-refractivity contribution >= 4 is 23.4 Å². The van der Waals surface area contributed by atoms with E-state index in [9.17, 15) is 18.0 Å². The number of thioether (sulfide) groups is 1. The Labute approximate surface area is 125 Å². The van der Waals surface area contributed by atoms with Gasteiger partial charge in [-0.3, -0.25) is 4.79 Å². The SMILES string of the molecule is Cc1ccc(SCC(F)(F)F)c(NC(=O)C2CCOC2)c1. The molecule has 1 fully saturated rings. The van der Waals surface area contributed by atoms with Gasteiger partial charge in [0.2, 0.25) is 5.91 Å². The van der Waals surface area contributed by atoms with Crippen molar-refractivity contribution in [3.8, 4) is 0 Å². The molecule has 1 N–H and O–H groups in total. The summed E-state index contributed by atoms with van der Waals surface area (Å²) in [5, 5.41) is 2.72. The minimum absolute atomic E-state index is 0.202. The molecule has 0 spiro atoms. The summed E-state index contributed by atoms with van der Waals surface area (Å²) in [5.74, 6) is -1.41. The number of rotatable bonds is 4. The molecule has 1 aromatic carbocycles. The minimum Gasteiger partial charge on any atom is -0.381 e. The second-order valence-electron chi connectivity index (χ2n) is 4.95. The van der Waals surface area contributed by atoms with Gasteiger partial charge >= 0.3 is 6.18 Å². The molecule has 0 bridgehead atoms. The van der Waals surface area contributed by atoms with Gasteiger partial charge in [-0.1, -0.05) is 6.07 Å². The lowest BCUT2D eigenvalue weighted by Gasteiger charge is -2.14. The average molecular weight is 319 g/mol. The van der Waals surface area contributed by atoms with Crippen LogP contribution in [0, 0.1) is 12.8 Å². The highest BCUT2D eigenvalue weighted by Gasteiger charge is 2.28. The zero-order valence-electron chi connectivity index (χ0n) is 11.5. The predicted octanol–water partition coefficient (Wildman–Crippen LogP) is 3.62. The fourth-order valence-corrected chi connectivity index (χ4v) is 2.75. The van der Waals surface area contributed by atoms with E-state index < -0.39 is 11.9 Å². The monoisotopic (exact) mass is 319 g/mol. The van der Waals surface area contributed by atoms with Crippen LogP contribution in [-0.2, 0) is 9.53 Å². The van der Waals surface area contributed by atoms with Gasteiger partial charge in [-0.25, -0.2) is 0 Å². The van der Waals surface area contributed by atoms with Crippen LogP contribution in [0.3, 0.4) is 0 Å². The standard InChI is InChI=1S/C14H16F3NO2S/c1-9-2-3-12(21-8-14(15,16)17)11(6-9)18-13(19)10-4-5-20-7-10/h2-3,6,10H,4-5,7-8H2,1H3,(H,18,19). The fraction of sp³-hybridized carbons (Fsp3) is 0.500. The largest absolute Gasteiger partial charge is 0.398 e. The number of ether oxygens (including phenoxy) is 1. The quantitative estimate of drug-likeness (QED) is 0.861. The van der Waals surface area contributed by atoms with Crippen molar-refractivity contribution in [3.63, 3.8) is 0 Å². The van der Waals surface area contributed by atoms with E-state index >= 15 is 0 Å². The number of benzene rings is 1. The number of nitrogens with one attached hydrogen (secondary N) is 1. The Kier molecular flexibility index (Phi) is 5.16. The highest BCUT2D eigenvalue weighted by atomic mass is 32.2. The molecule has 1 saturated heterocycles. The van der Waals surface area contributed by atoms with E-state index in [-0.39, 0.29) is 11.8 Å². The topological polar surface area (TPSA) is 38.3 Å². The van der Waals surface area contributed by atoms with Gasteiger partial charge in [0.1, 0.15) is 0 Å². The molecule has 3 nitrogen and oxygen atoms in total. The van der Waals surface area contributed by atoms with Crippen LogP contribution in [0.4, 0.5) is 18.9 Å². The van der Waals surface area contributed by atoms with Crippen LogP contribution < -0.4 is 5.32 Å². The Hall–Kier alpha value is -1.21. The first-order chi connectivity index (χ1) is 9.85. The van der Waals surface area contributed by atoms with Gasteiger partial charge in [-0.05, 0) is 31.0 Å². The molecule has 7 heteroatoms. The van der Waals surface area contributed by atoms with Crippen molar-refractivity contribution in [2.75, 3.05) is 24.3 Å². The number of carbonyl (C=O) groups excluding carboxylic acids is 1. The Morgan fingerprint density at radius 2 is 2.24 bits per heavy atom. The molecule has 1 aliphatic heterocycles. The number of halogens is 3. The lowest BCUT2D eigenvalue weighted by atomic mass is 10.1. The molecule has 1 aromatic rings. The summed E-state index contributed by atoms with van der Waals surface area (Å²) in [5.41, 5.74) is 1.31. The molecule has 21 heavy (non-hydrogen) atoms. The van der Waals surface area contributed by atoms with Gasteiger partial charge in [0.05, 0.1) is 24.0 Å². The van der Waals surface area contributed by atoms with E-state index in [1.54, 1.807) is 18.2 Å². The maximum atomic E-state index is 12.3. The lowest BCUT2D eigenvalue weighted by molar-refractivity contribution is -0.119. The van der Waals surface area contributed by atoms with Crippen molar-refractivity contribution < 1.29 is 22.7 Å². The number of carbonyl (C=O) groups is 1. The molecule has 1 unspecified atom stereocenters. The van der Waals surface area contributed by atoms with E-state index in [4.69, 9.17) is 4.74 Å². The molecular weight excluding hydrogens is 303 g/mol. The van der Waals surface area contributed by atoms with Gasteiger partial charge in [-0.2, -0.15) is 13.2 Å². The minimum atomic E-state index is -4.24. The molecular formula is C14H16F3NO2S. The Morgan fingerprint density at radius 3 is 2.86 bits per heavy atom. The van der Waals surface area contributed by atoms with E-state index in [0.29, 0.717) is 42.0 Å². The normalized spacial score (nSPS) is 18.8. The molecule has 1 atom stereocenters. The zero-order chi connectivity index (χ0) is 15.5. The van der Waals surface area contributed by atoms with Crippen LogP contribution in [0.2, 0.25) is 0 Å². The molecule has 1 heterocycles. The Balaban J connectivity index is 2.09. The third kappa shape index (κ3) is 4.93. The van der Waals surface area contributed by atoms with Crippen LogP contribution in [0.25, 0.3) is 0 Å². The lowest BCUT2D eigenvalue weighted by Crippen LogP contribution is -2.23. The summed E-state index contributed by atoms with van der Waals surface area (Å²) in [6.07, 6.45) is -3.60. The number of anilines is 1. The molecule has 116 valence electrons. The first-order valence-corrected chi connectivity index (χ1v) is 7.52. The third-order valence-corrected chi connectivity index (χ3v) is 4.22. The molecule has 2 rings (SSSR count). The van der Waals surface area contributed by atoms with E-state index in [2.05, 4.69) is 5.32 Å². The maximum Gasteiger partial charge on any atom is 0.398 e. The summed E-state index contributed by atoms with van der Waals surface area (Å²) in [6, 6.07) is 5.02. The highest BCUT2D eigenvalue weighted by molar-refractivity contribution is 7.99. The van der Waals surface area contributed by atoms with Crippen molar-refractivity contribution in [1.82, 2.24) is 0 Å². The Bertz CT molecular complexity index is 513. The van der Waals surface area contributed by atoms with Crippen molar-refractivity contribution in [3.05, 3.63) is 23.8 Å². The van der Waals surface area contributed by atoms with E-state index in [1.165, 1.54) is 0 Å². The highest BCUT2D eigenvalue weighted by Crippen LogP contribution is 2.33. The van der Waals surface area contributed by atoms with Crippen LogP contribution in [0.1, 0.15) is 12.0 Å². The number of aryl methyl sites for hydroxylation is 1. The zero-order valence-corrected chi connectivity index (χ0v) is 12.3. The fourth-order valence-electron chi connectivity index (χ4n) is 2.00. The predicted molar refractivity (Wildman–Crippen MR) is 75.5 cm³/mol. The summed E-state index contributed by atoms with van der Waals surface area (Å²) >= 11 is 0.676. The van der Waals surface area contributed by atoms with Crippen LogP contribution in [0.5, 0.6) is 0 Å². The molecule has 0 aliphatic carbocycles. The summed E-state index contributed by atoms with van der Waals surface area (Å²) in [7, 11) is 0. The van der Waals surface area contributed by atoms with Crippen LogP contribution in [-0.4, -0.2) is 31.1 Å². The molecule has 0 aromatic heterocycles. The molecule has 0 saturated carbocycles. The van der Waals surface area contributed by atoms with Gasteiger partial charge in [0.25, 0.3) is 0 Å². The molecule has 1 amide bonds. The van der Waals surface area contributed by atoms with Gasteiger partial charge < -0.3 is 10.1 Å². The van der Waals surface area contributed by atoms with E-state index in [0.717, 1.165) is 5.56 Å².